The van der Waals surface area contributed by atoms with E-state index in [2.05, 4.69) is 23.3 Å². The van der Waals surface area contributed by atoms with E-state index in [0.717, 1.165) is 28.3 Å². The second-order valence-electron chi connectivity index (χ2n) is 24.4. The molecule has 15 unspecified atom stereocenters. The lowest BCUT2D eigenvalue weighted by atomic mass is 9.83. The Morgan fingerprint density at radius 2 is 0.755 bits per heavy atom. The van der Waals surface area contributed by atoms with Gasteiger partial charge in [-0.2, -0.15) is 0 Å². The second kappa shape index (κ2) is 45.9. The highest BCUT2D eigenvalue weighted by Gasteiger charge is 2.44. The first-order valence-electron chi connectivity index (χ1n) is 31.9. The molecule has 2 N–H and O–H groups in total. The Labute approximate surface area is 585 Å². The fraction of sp³-hybridized carbons (Fsp3) is 0.609. The summed E-state index contributed by atoms with van der Waals surface area (Å²) in [6.07, 6.45) is -2.46. The van der Waals surface area contributed by atoms with E-state index >= 15 is 0 Å². The molecule has 0 saturated carbocycles. The lowest BCUT2D eigenvalue weighted by Gasteiger charge is -2.43. The molecule has 29 heteroatoms. The van der Waals surface area contributed by atoms with Gasteiger partial charge in [-0.15, -0.1) is 0 Å². The van der Waals surface area contributed by atoms with Crippen LogP contribution in [0.15, 0.2) is 127 Å². The first kappa shape index (κ1) is 89.2. The summed E-state index contributed by atoms with van der Waals surface area (Å²) >= 11 is 5.06. The summed E-state index contributed by atoms with van der Waals surface area (Å²) in [5.41, 5.74) is 3.22. The largest absolute Gasteiger partial charge is 0.510 e. The summed E-state index contributed by atoms with van der Waals surface area (Å²) in [4.78, 5) is 51.7. The fourth-order valence-corrected chi connectivity index (χ4v) is 11.7. The Balaban J connectivity index is 0.000000486. The Kier molecular flexibility index (Phi) is 41.8. The third-order valence-corrected chi connectivity index (χ3v) is 18.4. The summed E-state index contributed by atoms with van der Waals surface area (Å²) < 4.78 is 128. The zero-order chi connectivity index (χ0) is 72.5. The quantitative estimate of drug-likeness (QED) is 0.0224. The molecule has 0 aromatic heterocycles. The van der Waals surface area contributed by atoms with E-state index in [-0.39, 0.29) is 79.5 Å². The van der Waals surface area contributed by atoms with Crippen LogP contribution >= 0.6 is 33.9 Å². The van der Waals surface area contributed by atoms with Crippen molar-refractivity contribution in [3.05, 3.63) is 143 Å². The van der Waals surface area contributed by atoms with Crippen molar-refractivity contribution in [2.24, 2.45) is 35.5 Å². The lowest BCUT2D eigenvalue weighted by molar-refractivity contribution is -0.265. The Morgan fingerprint density at radius 3 is 1.02 bits per heavy atom. The van der Waals surface area contributed by atoms with Gasteiger partial charge in [0.15, 0.2) is 24.9 Å². The maximum atomic E-state index is 13.4. The molecular weight excluding hydrogens is 1360 g/mol. The Bertz CT molecular complexity index is 2810. The van der Waals surface area contributed by atoms with Gasteiger partial charge in [-0.25, -0.2) is 14.4 Å². The van der Waals surface area contributed by atoms with Crippen molar-refractivity contribution >= 4 is 52.4 Å². The molecule has 556 valence electrons. The highest BCUT2D eigenvalue weighted by Crippen LogP contribution is 2.51. The third kappa shape index (κ3) is 34.2. The van der Waals surface area contributed by atoms with Crippen molar-refractivity contribution in [2.45, 2.75) is 184 Å². The van der Waals surface area contributed by atoms with E-state index in [9.17, 15) is 28.1 Å². The van der Waals surface area contributed by atoms with E-state index in [0.29, 0.717) is 19.8 Å². The van der Waals surface area contributed by atoms with Crippen molar-refractivity contribution in [2.75, 3.05) is 54.3 Å². The minimum Gasteiger partial charge on any atom is -0.432 e. The molecule has 0 aliphatic carbocycles. The van der Waals surface area contributed by atoms with Gasteiger partial charge in [0.25, 0.3) is 0 Å². The maximum absolute atomic E-state index is 13.4. The van der Waals surface area contributed by atoms with Gasteiger partial charge in [0, 0.05) is 33.0 Å². The summed E-state index contributed by atoms with van der Waals surface area (Å²) in [6.45, 7) is 25.7. The predicted molar refractivity (Wildman–Crippen MR) is 371 cm³/mol. The smallest absolute Gasteiger partial charge is 0.432 e. The highest BCUT2D eigenvalue weighted by molar-refractivity contribution is 7.65. The van der Waals surface area contributed by atoms with Crippen molar-refractivity contribution in [3.63, 3.8) is 0 Å². The van der Waals surface area contributed by atoms with Gasteiger partial charge < -0.3 is 85.4 Å². The van der Waals surface area contributed by atoms with E-state index in [1.165, 1.54) is 26.4 Å². The molecule has 0 bridgehead atoms. The van der Waals surface area contributed by atoms with Crippen LogP contribution in [0.5, 0.6) is 0 Å². The van der Waals surface area contributed by atoms with E-state index in [1.807, 2.05) is 125 Å². The zero-order valence-electron chi connectivity index (χ0n) is 58.8. The molecule has 3 aromatic carbocycles. The van der Waals surface area contributed by atoms with Crippen molar-refractivity contribution in [1.82, 2.24) is 0 Å². The number of ether oxygens (including phenoxy) is 15. The normalized spacial score (nSPS) is 25.8. The lowest BCUT2D eigenvalue weighted by Crippen LogP contribution is -2.50. The Morgan fingerprint density at radius 1 is 0.469 bits per heavy atom. The molecule has 6 rings (SSSR count). The number of carbonyl (C=O) groups is 3. The number of rotatable bonds is 28. The first-order valence-corrected chi connectivity index (χ1v) is 38.4. The minimum absolute atomic E-state index is 0. The van der Waals surface area contributed by atoms with Crippen molar-refractivity contribution in [1.29, 1.82) is 0 Å². The molecule has 3 fully saturated rings. The number of carbonyl (C=O) groups excluding carboxylic acids is 3. The average Bonchev–Trinajstić information content (AvgIpc) is 0.822. The van der Waals surface area contributed by atoms with Gasteiger partial charge in [0.2, 0.25) is 13.6 Å². The minimum atomic E-state index is -4.21. The van der Waals surface area contributed by atoms with Crippen LogP contribution in [0.2, 0.25) is 0 Å². The molecule has 3 heterocycles. The molecule has 0 radical (unpaired) electrons. The van der Waals surface area contributed by atoms with Crippen LogP contribution in [-0.2, 0) is 114 Å². The number of hydrogen-bond donors (Lipinski definition) is 2. The SMILES string of the molecule is C.CC(C)OC(=O)OCCl.COC1OC(/C=C/P(=O)(O)O)C(C)C(C)C1OCc1ccccc1.COC1OC(/C=C/P(=O)(OCOC(=O)OC(C)C)OCOC(=O)OC(C)C)C(C)C(C)C1OCc1ccccc1.COC1OC(/C=C/P(C)(C)=O)C(C)C(C)C1OCc1ccccc1. The molecule has 25 nitrogen and oxygen atoms in total. The van der Waals surface area contributed by atoms with Crippen molar-refractivity contribution < 1.29 is 118 Å². The molecular formula is C69H108ClO25P3. The molecule has 15 atom stereocenters. The van der Waals surface area contributed by atoms with Gasteiger partial charge in [-0.1, -0.05) is 158 Å². The third-order valence-electron chi connectivity index (χ3n) is 15.4. The molecule has 98 heavy (non-hydrogen) atoms. The van der Waals surface area contributed by atoms with Crippen LogP contribution in [0.25, 0.3) is 0 Å². The monoisotopic (exact) mass is 1460 g/mol. The number of halogens is 1. The van der Waals surface area contributed by atoms with Gasteiger partial charge in [-0.3, -0.25) is 18.2 Å². The predicted octanol–water partition coefficient (Wildman–Crippen LogP) is 15.6. The van der Waals surface area contributed by atoms with Crippen LogP contribution in [-0.4, -0.2) is 156 Å². The maximum Gasteiger partial charge on any atom is 0.510 e. The molecule has 0 spiro atoms. The van der Waals surface area contributed by atoms with Gasteiger partial charge in [0.05, 0.1) is 56.4 Å². The molecule has 3 saturated heterocycles. The molecule has 3 aliphatic rings. The fourth-order valence-electron chi connectivity index (χ4n) is 9.65. The van der Waals surface area contributed by atoms with E-state index in [1.54, 1.807) is 67.8 Å². The van der Waals surface area contributed by atoms with Crippen LogP contribution in [0.1, 0.15) is 107 Å². The number of methoxy groups -OCH3 is 3. The molecule has 3 aliphatic heterocycles. The summed E-state index contributed by atoms with van der Waals surface area (Å²) in [5.74, 6) is 4.35. The Hall–Kier alpha value is -4.85. The van der Waals surface area contributed by atoms with Crippen LogP contribution in [0, 0.1) is 35.5 Å². The zero-order valence-corrected chi connectivity index (χ0v) is 62.2. The number of alkyl halides is 1. The standard InChI is InChI=1S/C27H41O12P.C19H29O4P.C17H25O6P.C5H9ClO3.CH4/c1-18(2)37-26(28)33-16-35-40(30,36-17-34-27(29)38-19(3)4)14-13-23-20(5)21(6)24(25(31-7)39-23)32-15-22-11-9-8-10-12-22;1-14-15(2)18(22-13-16-9-7-6-8-10-16)19(21-3)23-17(14)11-12-24(4,5)20;1-12-13(2)16(22-11-14-7-5-4-6-8-14)17(21-3)23-15(12)9-10-24(18,19)20;1-4(2)9-5(7)8-3-6;/h8-14,18-21,23-25H,15-17H2,1-7H3;6-12,14-15,17-19H,13H2,1-5H3;4-10,12-13,15-17H,11H2,1-3H3,(H2,18,19,20);4H,3H2,1-2H3;1H4/b14-13+;12-11+;10-9+;;. The second-order valence-corrected chi connectivity index (χ2v) is 31.2. The topological polar surface area (TPSA) is 300 Å². The number of benzene rings is 3. The first-order chi connectivity index (χ1) is 45.7. The average molecular weight is 1470 g/mol. The van der Waals surface area contributed by atoms with Crippen LogP contribution < -0.4 is 0 Å². The van der Waals surface area contributed by atoms with E-state index < -0.39 is 97.7 Å². The summed E-state index contributed by atoms with van der Waals surface area (Å²) in [5, 5.41) is 0. The van der Waals surface area contributed by atoms with Crippen LogP contribution in [0.3, 0.4) is 0 Å². The van der Waals surface area contributed by atoms with Gasteiger partial charge >= 0.3 is 33.7 Å². The number of hydrogen-bond acceptors (Lipinski definition) is 23. The van der Waals surface area contributed by atoms with Crippen LogP contribution in [0.4, 0.5) is 14.4 Å². The molecule has 3 aromatic rings. The van der Waals surface area contributed by atoms with E-state index in [4.69, 9.17) is 92.0 Å². The summed E-state index contributed by atoms with van der Waals surface area (Å²) in [7, 11) is -5.83. The highest BCUT2D eigenvalue weighted by atomic mass is 35.5. The van der Waals surface area contributed by atoms with Gasteiger partial charge in [0.1, 0.15) is 25.5 Å². The molecule has 0 amide bonds. The summed E-state index contributed by atoms with van der Waals surface area (Å²) in [6, 6.07) is 29.5. The van der Waals surface area contributed by atoms with Gasteiger partial charge in [-0.05, 0) is 125 Å². The van der Waals surface area contributed by atoms with Crippen molar-refractivity contribution in [3.8, 4) is 0 Å².